The minimum atomic E-state index is -0.207. The van der Waals surface area contributed by atoms with Crippen LogP contribution in [0.3, 0.4) is 0 Å². The Morgan fingerprint density at radius 1 is 1.19 bits per heavy atom. The summed E-state index contributed by atoms with van der Waals surface area (Å²) in [5, 5.41) is 14.4. The second kappa shape index (κ2) is 8.60. The van der Waals surface area contributed by atoms with E-state index in [0.29, 0.717) is 12.8 Å². The van der Waals surface area contributed by atoms with Crippen molar-refractivity contribution in [2.45, 2.75) is 31.7 Å². The van der Waals surface area contributed by atoms with E-state index < -0.39 is 0 Å². The summed E-state index contributed by atoms with van der Waals surface area (Å²) in [5.74, 6) is 0.0153. The molecule has 0 aliphatic rings. The molecule has 1 amide bonds. The third-order valence-corrected chi connectivity index (χ3v) is 4.25. The monoisotopic (exact) mass is 303 g/mol. The summed E-state index contributed by atoms with van der Waals surface area (Å²) < 4.78 is 0. The van der Waals surface area contributed by atoms with Crippen molar-refractivity contribution in [2.75, 3.05) is 6.61 Å². The van der Waals surface area contributed by atoms with E-state index in [0.717, 1.165) is 18.4 Å². The third-order valence-electron chi connectivity index (χ3n) is 3.32. The average molecular weight is 303 g/mol. The van der Waals surface area contributed by atoms with Gasteiger partial charge in [0.1, 0.15) is 0 Å². The molecule has 1 atom stereocenters. The smallest absolute Gasteiger partial charge is 0.220 e. The number of hydrogen-bond donors (Lipinski definition) is 2. The van der Waals surface area contributed by atoms with Gasteiger partial charge in [0, 0.05) is 11.3 Å². The topological polar surface area (TPSA) is 49.3 Å². The van der Waals surface area contributed by atoms with Gasteiger partial charge in [-0.2, -0.15) is 0 Å². The molecule has 3 nitrogen and oxygen atoms in total. The van der Waals surface area contributed by atoms with E-state index in [4.69, 9.17) is 0 Å². The van der Waals surface area contributed by atoms with Crippen molar-refractivity contribution in [3.8, 4) is 0 Å². The summed E-state index contributed by atoms with van der Waals surface area (Å²) in [7, 11) is 0. The highest BCUT2D eigenvalue weighted by Gasteiger charge is 2.11. The summed E-state index contributed by atoms with van der Waals surface area (Å²) in [4.78, 5) is 13.2. The number of carbonyl (C=O) groups excluding carboxylic acids is 1. The molecule has 21 heavy (non-hydrogen) atoms. The van der Waals surface area contributed by atoms with Gasteiger partial charge in [0.25, 0.3) is 0 Å². The predicted octanol–water partition coefficient (Wildman–Crippen LogP) is 2.79. The zero-order valence-corrected chi connectivity index (χ0v) is 12.8. The van der Waals surface area contributed by atoms with E-state index in [1.807, 2.05) is 36.4 Å². The van der Waals surface area contributed by atoms with E-state index in [1.165, 1.54) is 4.88 Å². The molecule has 112 valence electrons. The number of nitrogens with one attached hydrogen (secondary N) is 1. The highest BCUT2D eigenvalue weighted by molar-refractivity contribution is 7.09. The standard InChI is InChI=1S/C17H21NO2S/c19-13-15(12-14-6-2-1-3-7-14)18-17(20)10-4-8-16-9-5-11-21-16/h1-3,5-7,9,11,15,19H,4,8,10,12-13H2,(H,18,20). The molecule has 2 N–H and O–H groups in total. The zero-order chi connectivity index (χ0) is 14.9. The van der Waals surface area contributed by atoms with Crippen LogP contribution in [-0.2, 0) is 17.6 Å². The first-order valence-electron chi connectivity index (χ1n) is 7.24. The number of amides is 1. The van der Waals surface area contributed by atoms with Gasteiger partial charge in [-0.05, 0) is 36.3 Å². The molecule has 0 aliphatic carbocycles. The molecule has 1 aromatic heterocycles. The van der Waals surface area contributed by atoms with Gasteiger partial charge in [0.05, 0.1) is 12.6 Å². The van der Waals surface area contributed by atoms with Crippen LogP contribution in [0.5, 0.6) is 0 Å². The molecule has 0 bridgehead atoms. The molecule has 2 aromatic rings. The Labute approximate surface area is 129 Å². The lowest BCUT2D eigenvalue weighted by molar-refractivity contribution is -0.122. The highest BCUT2D eigenvalue weighted by atomic mass is 32.1. The second-order valence-corrected chi connectivity index (χ2v) is 6.10. The Morgan fingerprint density at radius 3 is 2.67 bits per heavy atom. The molecule has 0 saturated heterocycles. The molecule has 4 heteroatoms. The molecular weight excluding hydrogens is 282 g/mol. The fourth-order valence-electron chi connectivity index (χ4n) is 2.24. The zero-order valence-electron chi connectivity index (χ0n) is 12.0. The molecule has 0 saturated carbocycles. The van der Waals surface area contributed by atoms with Gasteiger partial charge in [-0.15, -0.1) is 11.3 Å². The predicted molar refractivity (Wildman–Crippen MR) is 86.4 cm³/mol. The first kappa shape index (κ1) is 15.7. The number of benzene rings is 1. The second-order valence-electron chi connectivity index (χ2n) is 5.07. The van der Waals surface area contributed by atoms with Gasteiger partial charge in [0.2, 0.25) is 5.91 Å². The van der Waals surface area contributed by atoms with Crippen molar-refractivity contribution in [3.63, 3.8) is 0 Å². The Hall–Kier alpha value is -1.65. The van der Waals surface area contributed by atoms with Gasteiger partial charge in [-0.1, -0.05) is 36.4 Å². The molecule has 0 spiro atoms. The maximum absolute atomic E-state index is 11.9. The fraction of sp³-hybridized carbons (Fsp3) is 0.353. The highest BCUT2D eigenvalue weighted by Crippen LogP contribution is 2.12. The van der Waals surface area contributed by atoms with Gasteiger partial charge in [-0.25, -0.2) is 0 Å². The van der Waals surface area contributed by atoms with Crippen LogP contribution in [0.4, 0.5) is 0 Å². The van der Waals surface area contributed by atoms with Crippen molar-refractivity contribution in [3.05, 3.63) is 58.3 Å². The quantitative estimate of drug-likeness (QED) is 0.788. The normalized spacial score (nSPS) is 12.0. The van der Waals surface area contributed by atoms with E-state index >= 15 is 0 Å². The summed E-state index contributed by atoms with van der Waals surface area (Å²) >= 11 is 1.72. The van der Waals surface area contributed by atoms with Crippen molar-refractivity contribution in [1.82, 2.24) is 5.32 Å². The van der Waals surface area contributed by atoms with Crippen LogP contribution in [0.1, 0.15) is 23.3 Å². The van der Waals surface area contributed by atoms with Crippen LogP contribution in [-0.4, -0.2) is 23.7 Å². The van der Waals surface area contributed by atoms with E-state index in [2.05, 4.69) is 16.8 Å². The van der Waals surface area contributed by atoms with Crippen LogP contribution in [0.2, 0.25) is 0 Å². The molecule has 0 fully saturated rings. The van der Waals surface area contributed by atoms with Crippen LogP contribution in [0.25, 0.3) is 0 Å². The largest absolute Gasteiger partial charge is 0.394 e. The van der Waals surface area contributed by atoms with Gasteiger partial charge >= 0.3 is 0 Å². The number of carbonyl (C=O) groups is 1. The molecule has 0 radical (unpaired) electrons. The number of aliphatic hydroxyl groups is 1. The molecular formula is C17H21NO2S. The maximum Gasteiger partial charge on any atom is 0.220 e. The number of hydrogen-bond acceptors (Lipinski definition) is 3. The number of rotatable bonds is 8. The number of aryl methyl sites for hydroxylation is 1. The van der Waals surface area contributed by atoms with Crippen molar-refractivity contribution in [1.29, 1.82) is 0 Å². The molecule has 1 aromatic carbocycles. The van der Waals surface area contributed by atoms with Crippen LogP contribution >= 0.6 is 11.3 Å². The summed E-state index contributed by atoms with van der Waals surface area (Å²) in [6, 6.07) is 13.8. The lowest BCUT2D eigenvalue weighted by atomic mass is 10.1. The lowest BCUT2D eigenvalue weighted by Gasteiger charge is -2.16. The SMILES string of the molecule is O=C(CCCc1cccs1)NC(CO)Cc1ccccc1. The first-order chi connectivity index (χ1) is 10.3. The summed E-state index contributed by atoms with van der Waals surface area (Å²) in [6.07, 6.45) is 2.95. The van der Waals surface area contributed by atoms with Crippen LogP contribution < -0.4 is 5.32 Å². The molecule has 2 rings (SSSR count). The fourth-order valence-corrected chi connectivity index (χ4v) is 2.99. The number of thiophene rings is 1. The van der Waals surface area contributed by atoms with Crippen molar-refractivity contribution >= 4 is 17.2 Å². The first-order valence-corrected chi connectivity index (χ1v) is 8.12. The molecule has 1 heterocycles. The van der Waals surface area contributed by atoms with E-state index in [9.17, 15) is 9.90 Å². The van der Waals surface area contributed by atoms with Gasteiger partial charge in [-0.3, -0.25) is 4.79 Å². The van der Waals surface area contributed by atoms with Gasteiger partial charge < -0.3 is 10.4 Å². The minimum Gasteiger partial charge on any atom is -0.394 e. The lowest BCUT2D eigenvalue weighted by Crippen LogP contribution is -2.39. The Morgan fingerprint density at radius 2 is 2.00 bits per heavy atom. The van der Waals surface area contributed by atoms with E-state index in [1.54, 1.807) is 11.3 Å². The summed E-state index contributed by atoms with van der Waals surface area (Å²) in [5.41, 5.74) is 1.12. The molecule has 0 aliphatic heterocycles. The van der Waals surface area contributed by atoms with Crippen molar-refractivity contribution < 1.29 is 9.90 Å². The minimum absolute atomic E-state index is 0.0153. The molecule has 1 unspecified atom stereocenters. The third kappa shape index (κ3) is 5.69. The van der Waals surface area contributed by atoms with E-state index in [-0.39, 0.29) is 18.6 Å². The average Bonchev–Trinajstić information content (AvgIpc) is 3.01. The summed E-state index contributed by atoms with van der Waals surface area (Å²) in [6.45, 7) is -0.0362. The maximum atomic E-state index is 11.9. The number of aliphatic hydroxyl groups excluding tert-OH is 1. The Balaban J connectivity index is 1.72. The van der Waals surface area contributed by atoms with Crippen LogP contribution in [0.15, 0.2) is 47.8 Å². The Bertz CT molecular complexity index is 525. The van der Waals surface area contributed by atoms with Crippen molar-refractivity contribution in [2.24, 2.45) is 0 Å². The van der Waals surface area contributed by atoms with Crippen LogP contribution in [0, 0.1) is 0 Å². The van der Waals surface area contributed by atoms with Gasteiger partial charge in [0.15, 0.2) is 0 Å². The Kier molecular flexibility index (Phi) is 6.44.